The van der Waals surface area contributed by atoms with E-state index < -0.39 is 6.04 Å². The highest BCUT2D eigenvalue weighted by Gasteiger charge is 2.23. The van der Waals surface area contributed by atoms with Crippen molar-refractivity contribution in [2.45, 2.75) is 26.8 Å². The van der Waals surface area contributed by atoms with Crippen LogP contribution in [0.4, 0.5) is 0 Å². The van der Waals surface area contributed by atoms with Crippen LogP contribution in [0.5, 0.6) is 0 Å². The molecule has 0 fully saturated rings. The van der Waals surface area contributed by atoms with E-state index in [1.807, 2.05) is 13.8 Å². The molecule has 0 aliphatic heterocycles. The lowest BCUT2D eigenvalue weighted by Gasteiger charge is -2.10. The van der Waals surface area contributed by atoms with Gasteiger partial charge in [-0.25, -0.2) is 0 Å². The Hall–Kier alpha value is -1.23. The number of aromatic nitrogens is 2. The Balaban J connectivity index is 2.79. The SMILES string of the molecule is Cc1noc(C(=O)C(N)C(C)C)n1. The molecule has 1 unspecified atom stereocenters. The molecule has 1 rings (SSSR count). The minimum Gasteiger partial charge on any atom is -0.331 e. The summed E-state index contributed by atoms with van der Waals surface area (Å²) in [6, 6.07) is -0.570. The first-order valence-corrected chi connectivity index (χ1v) is 4.12. The summed E-state index contributed by atoms with van der Waals surface area (Å²) in [5, 5.41) is 3.52. The summed E-state index contributed by atoms with van der Waals surface area (Å²) in [6.45, 7) is 5.39. The predicted octanol–water partition coefficient (Wildman–Crippen LogP) is 0.544. The van der Waals surface area contributed by atoms with Crippen molar-refractivity contribution in [2.75, 3.05) is 0 Å². The van der Waals surface area contributed by atoms with Gasteiger partial charge in [-0.15, -0.1) is 0 Å². The monoisotopic (exact) mass is 183 g/mol. The number of nitrogens with zero attached hydrogens (tertiary/aromatic N) is 2. The normalized spacial score (nSPS) is 13.3. The molecule has 0 saturated carbocycles. The Labute approximate surface area is 76.3 Å². The second-order valence-electron chi connectivity index (χ2n) is 3.28. The highest BCUT2D eigenvalue weighted by Crippen LogP contribution is 2.06. The van der Waals surface area contributed by atoms with Gasteiger partial charge >= 0.3 is 0 Å². The first kappa shape index (κ1) is 9.85. The molecule has 1 atom stereocenters. The average Bonchev–Trinajstić information content (AvgIpc) is 2.49. The van der Waals surface area contributed by atoms with E-state index in [0.29, 0.717) is 5.82 Å². The minimum atomic E-state index is -0.570. The van der Waals surface area contributed by atoms with Crippen LogP contribution in [0.25, 0.3) is 0 Å². The minimum absolute atomic E-state index is 0.00120. The molecule has 13 heavy (non-hydrogen) atoms. The Bertz CT molecular complexity index is 306. The molecule has 0 aliphatic carbocycles. The number of carbonyl (C=O) groups is 1. The van der Waals surface area contributed by atoms with E-state index in [-0.39, 0.29) is 17.6 Å². The van der Waals surface area contributed by atoms with E-state index in [0.717, 1.165) is 0 Å². The standard InChI is InChI=1S/C8H13N3O2/c1-4(2)6(9)7(12)8-10-5(3)11-13-8/h4,6H,9H2,1-3H3. The Morgan fingerprint density at radius 3 is 2.54 bits per heavy atom. The van der Waals surface area contributed by atoms with Gasteiger partial charge in [0.1, 0.15) is 0 Å². The Morgan fingerprint density at radius 1 is 1.54 bits per heavy atom. The molecule has 0 amide bonds. The third-order valence-electron chi connectivity index (χ3n) is 1.76. The largest absolute Gasteiger partial charge is 0.331 e. The fourth-order valence-corrected chi connectivity index (χ4v) is 0.842. The van der Waals surface area contributed by atoms with Crippen LogP contribution in [-0.2, 0) is 0 Å². The molecule has 1 aromatic rings. The summed E-state index contributed by atoms with van der Waals surface area (Å²) in [4.78, 5) is 15.3. The number of hydrogen-bond acceptors (Lipinski definition) is 5. The molecule has 0 bridgehead atoms. The molecule has 5 nitrogen and oxygen atoms in total. The summed E-state index contributed by atoms with van der Waals surface area (Å²) in [5.74, 6) is 0.216. The van der Waals surface area contributed by atoms with Crippen LogP contribution in [0, 0.1) is 12.8 Å². The Morgan fingerprint density at radius 2 is 2.15 bits per heavy atom. The zero-order chi connectivity index (χ0) is 10.0. The van der Waals surface area contributed by atoms with Crippen molar-refractivity contribution < 1.29 is 9.32 Å². The molecule has 72 valence electrons. The van der Waals surface area contributed by atoms with Crippen LogP contribution in [0.1, 0.15) is 30.4 Å². The molecule has 0 spiro atoms. The number of Topliss-reactive ketones (excluding diaryl/α,β-unsaturated/α-hetero) is 1. The lowest BCUT2D eigenvalue weighted by Crippen LogP contribution is -2.35. The second kappa shape index (κ2) is 3.66. The van der Waals surface area contributed by atoms with E-state index in [2.05, 4.69) is 10.1 Å². The lowest BCUT2D eigenvalue weighted by atomic mass is 10.0. The summed E-state index contributed by atoms with van der Waals surface area (Å²) in [7, 11) is 0. The summed E-state index contributed by atoms with van der Waals surface area (Å²) < 4.78 is 4.71. The fourth-order valence-electron chi connectivity index (χ4n) is 0.842. The van der Waals surface area contributed by atoms with Gasteiger partial charge in [-0.05, 0) is 12.8 Å². The van der Waals surface area contributed by atoms with E-state index in [9.17, 15) is 4.79 Å². The van der Waals surface area contributed by atoms with Crippen molar-refractivity contribution in [3.05, 3.63) is 11.7 Å². The van der Waals surface area contributed by atoms with E-state index in [1.54, 1.807) is 6.92 Å². The Kier molecular flexibility index (Phi) is 2.77. The van der Waals surface area contributed by atoms with Gasteiger partial charge in [-0.2, -0.15) is 4.98 Å². The van der Waals surface area contributed by atoms with Gasteiger partial charge in [0.2, 0.25) is 5.78 Å². The van der Waals surface area contributed by atoms with Crippen molar-refractivity contribution in [2.24, 2.45) is 11.7 Å². The molecule has 1 aromatic heterocycles. The zero-order valence-electron chi connectivity index (χ0n) is 7.94. The molecule has 0 aliphatic rings. The second-order valence-corrected chi connectivity index (χ2v) is 3.28. The number of ketones is 1. The zero-order valence-corrected chi connectivity index (χ0v) is 7.94. The third kappa shape index (κ3) is 2.12. The smallest absolute Gasteiger partial charge is 0.295 e. The topological polar surface area (TPSA) is 82.0 Å². The van der Waals surface area contributed by atoms with Gasteiger partial charge in [0.05, 0.1) is 6.04 Å². The highest BCUT2D eigenvalue weighted by molar-refractivity contribution is 5.96. The van der Waals surface area contributed by atoms with Crippen molar-refractivity contribution in [1.82, 2.24) is 10.1 Å². The van der Waals surface area contributed by atoms with Crippen molar-refractivity contribution >= 4 is 5.78 Å². The quantitative estimate of drug-likeness (QED) is 0.692. The maximum absolute atomic E-state index is 11.5. The van der Waals surface area contributed by atoms with Crippen molar-refractivity contribution in [3.8, 4) is 0 Å². The number of aryl methyl sites for hydroxylation is 1. The summed E-state index contributed by atoms with van der Waals surface area (Å²) in [6.07, 6.45) is 0. The highest BCUT2D eigenvalue weighted by atomic mass is 16.5. The van der Waals surface area contributed by atoms with Crippen LogP contribution in [-0.4, -0.2) is 22.0 Å². The third-order valence-corrected chi connectivity index (χ3v) is 1.76. The molecular formula is C8H13N3O2. The molecular weight excluding hydrogens is 170 g/mol. The number of carbonyl (C=O) groups excluding carboxylic acids is 1. The van der Waals surface area contributed by atoms with E-state index in [1.165, 1.54) is 0 Å². The maximum Gasteiger partial charge on any atom is 0.295 e. The molecule has 0 radical (unpaired) electrons. The van der Waals surface area contributed by atoms with Gasteiger partial charge in [-0.1, -0.05) is 19.0 Å². The average molecular weight is 183 g/mol. The molecule has 0 saturated heterocycles. The first-order valence-electron chi connectivity index (χ1n) is 4.12. The fraction of sp³-hybridized carbons (Fsp3) is 0.625. The number of nitrogens with two attached hydrogens (primary N) is 1. The number of hydrogen-bond donors (Lipinski definition) is 1. The van der Waals surface area contributed by atoms with E-state index >= 15 is 0 Å². The predicted molar refractivity (Wildman–Crippen MR) is 46.2 cm³/mol. The first-order chi connectivity index (χ1) is 6.02. The lowest BCUT2D eigenvalue weighted by molar-refractivity contribution is 0.0896. The number of rotatable bonds is 3. The molecule has 5 heteroatoms. The van der Waals surface area contributed by atoms with Gasteiger partial charge < -0.3 is 10.3 Å². The van der Waals surface area contributed by atoms with Gasteiger partial charge in [-0.3, -0.25) is 4.79 Å². The summed E-state index contributed by atoms with van der Waals surface area (Å²) in [5.41, 5.74) is 5.62. The maximum atomic E-state index is 11.5. The van der Waals surface area contributed by atoms with Gasteiger partial charge in [0, 0.05) is 0 Å². The van der Waals surface area contributed by atoms with Crippen LogP contribution in [0.3, 0.4) is 0 Å². The van der Waals surface area contributed by atoms with Crippen LogP contribution in [0.15, 0.2) is 4.52 Å². The van der Waals surface area contributed by atoms with Crippen molar-refractivity contribution in [1.29, 1.82) is 0 Å². The van der Waals surface area contributed by atoms with Crippen LogP contribution < -0.4 is 5.73 Å². The molecule has 2 N–H and O–H groups in total. The molecule has 0 aromatic carbocycles. The molecule has 1 heterocycles. The van der Waals surface area contributed by atoms with Crippen LogP contribution in [0.2, 0.25) is 0 Å². The van der Waals surface area contributed by atoms with Gasteiger partial charge in [0.15, 0.2) is 5.82 Å². The van der Waals surface area contributed by atoms with E-state index in [4.69, 9.17) is 10.3 Å². The van der Waals surface area contributed by atoms with Gasteiger partial charge in [0.25, 0.3) is 5.89 Å². The van der Waals surface area contributed by atoms with Crippen molar-refractivity contribution in [3.63, 3.8) is 0 Å². The summed E-state index contributed by atoms with van der Waals surface area (Å²) >= 11 is 0. The van der Waals surface area contributed by atoms with Crippen LogP contribution >= 0.6 is 0 Å².